The minimum atomic E-state index is -0.445. The molecule has 5 N–H and O–H groups in total. The van der Waals surface area contributed by atoms with E-state index in [-0.39, 0.29) is 115 Å². The molecule has 46 heteroatoms. The predicted molar refractivity (Wildman–Crippen MR) is 573 cm³/mol. The number of aliphatic hydroxyl groups is 2. The lowest BCUT2D eigenvalue weighted by Crippen LogP contribution is -2.51. The van der Waals surface area contributed by atoms with Crippen molar-refractivity contribution >= 4 is 171 Å². The molecule has 12 aliphatic rings. The van der Waals surface area contributed by atoms with Gasteiger partial charge >= 0.3 is 31.2 Å². The Kier molecular flexibility index (Phi) is 50.5. The summed E-state index contributed by atoms with van der Waals surface area (Å²) in [6.45, 7) is 52.9. The van der Waals surface area contributed by atoms with Crippen LogP contribution in [0.3, 0.4) is 0 Å². The molecule has 4 aromatic heterocycles. The van der Waals surface area contributed by atoms with Gasteiger partial charge in [0.25, 0.3) is 14.8 Å². The molecule has 16 heterocycles. The van der Waals surface area contributed by atoms with E-state index < -0.39 is 13.2 Å². The first kappa shape index (κ1) is 118. The molecule has 0 spiro atoms. The van der Waals surface area contributed by atoms with Gasteiger partial charge in [-0.3, -0.25) is 33.9 Å². The molecule has 0 aromatic carbocycles. The summed E-state index contributed by atoms with van der Waals surface area (Å²) in [5.41, 5.74) is 8.18. The number of hydrogen-bond acceptors (Lipinski definition) is 31. The van der Waals surface area contributed by atoms with Crippen molar-refractivity contribution in [3.05, 3.63) is 213 Å². The highest BCUT2D eigenvalue weighted by Crippen LogP contribution is 2.42. The molecule has 0 aliphatic carbocycles. The summed E-state index contributed by atoms with van der Waals surface area (Å²) in [5.74, 6) is 1.96. The van der Waals surface area contributed by atoms with Crippen LogP contribution in [0, 0.1) is 0 Å². The standard InChI is InChI=1S/2C14H17N3O3.C13H15N3O4.C12H19BIN2O2.C11H15IN2O2.C10H17IN2O.C9H14BNO3.C8H12BINO2.C4H9NO/c2*1-3-5-20-17-12-8-16(14(17)18)10(4-2)6-11(12)13-7-15-9-19-13;1-2-3-20-16-11-6-15(13(16)18)9(7-17)4-10(11)12-5-14-8-19-12;1-4-6-18-15(3)12-8-16(13-9-17)10(5-2)7-11(12)14;1-3-5-16-14-10-7-13(11(14)15)8(4-2)6-9(10)12;1-3-5-14-13-10-7-12-8(4-2)6-9(10)11;1-8(2)9(3,4)14-10(13-8)7-5-11-6-12-7;1-2-6-3-7(10)8(13)4-11(6)9-5-12;1-3-4-6-5-2/h2*3,6-7,9-10,12H,1,4-5,8H2,2H3;2,4-5,8-9,11,17H,1,3,6-7H2;4,7,9-10,12H,1,5-6,8H2,2-3H3;3,6,8,10H,1,4-5,7H2,2H3;3,6,8,10,12-13H,1,4-5,7H2,2H3;5-6H,1-4H3;3,5-6,8,13H,2,4H2,1H3;3,5H,1,4H2,2H3/t2*10-,12?;9-,11?;10-,12+;8-,10?;8-,10+;;6-,8-;/m110111.1./s1. The Morgan fingerprint density at radius 1 is 0.482 bits per heavy atom. The number of fused-ring (bicyclic) bond motifs is 8. The van der Waals surface area contributed by atoms with Gasteiger partial charge in [-0.2, -0.15) is 30.8 Å². The van der Waals surface area contributed by atoms with Gasteiger partial charge in [0.05, 0.1) is 170 Å². The van der Waals surface area contributed by atoms with Crippen molar-refractivity contribution in [2.24, 2.45) is 0 Å². The van der Waals surface area contributed by atoms with Crippen LogP contribution < -0.4 is 21.9 Å². The van der Waals surface area contributed by atoms with Crippen LogP contribution >= 0.6 is 90.4 Å². The molecule has 8 amide bonds. The fourth-order valence-electron chi connectivity index (χ4n) is 16.2. The molecule has 12 aliphatic heterocycles. The molecule has 768 valence electrons. The minimum Gasteiger partial charge on any atom is -0.452 e. The van der Waals surface area contributed by atoms with Crippen LogP contribution in [-0.4, -0.2) is 352 Å². The summed E-state index contributed by atoms with van der Waals surface area (Å²) < 4.78 is 37.5. The molecule has 0 saturated carbocycles. The number of β-amino-alcohol motifs (C(OH)–C–C–N with tert-alkyl or cyclic N) is 1. The summed E-state index contributed by atoms with van der Waals surface area (Å²) in [6.07, 6.45) is 45.1. The third-order valence-corrected chi connectivity index (χ3v) is 28.6. The number of aromatic nitrogens is 4. The monoisotopic (exact) mass is 2400 g/mol. The lowest BCUT2D eigenvalue weighted by Gasteiger charge is -2.39. The van der Waals surface area contributed by atoms with Crippen molar-refractivity contribution < 1.29 is 99.8 Å². The van der Waals surface area contributed by atoms with Crippen molar-refractivity contribution in [3.63, 3.8) is 0 Å². The van der Waals surface area contributed by atoms with E-state index in [2.05, 4.69) is 254 Å². The molecular weight excluding hydrogens is 2270 g/mol. The van der Waals surface area contributed by atoms with Crippen molar-refractivity contribution in [2.75, 3.05) is 113 Å². The third-order valence-electron chi connectivity index (χ3n) is 24.3. The number of hydrogen-bond donors (Lipinski definition) is 5. The smallest absolute Gasteiger partial charge is 0.452 e. The molecule has 39 nitrogen and oxygen atoms in total. The van der Waals surface area contributed by atoms with Gasteiger partial charge in [-0.05, 0) is 157 Å². The number of nitrogens with one attached hydrogen (secondary N) is 3. The summed E-state index contributed by atoms with van der Waals surface area (Å²) in [4.78, 5) is 134. The lowest BCUT2D eigenvalue weighted by atomic mass is 9.87. The fourth-order valence-corrected chi connectivity index (χ4v) is 19.5. The molecule has 2 radical (unpaired) electrons. The molecule has 16 rings (SSSR count). The summed E-state index contributed by atoms with van der Waals surface area (Å²) in [7, 11) is 6.29. The van der Waals surface area contributed by atoms with Gasteiger partial charge in [0, 0.05) is 82.9 Å². The van der Waals surface area contributed by atoms with Crippen LogP contribution in [0.4, 0.5) is 19.2 Å². The van der Waals surface area contributed by atoms with Crippen molar-refractivity contribution in [3.8, 4) is 0 Å². The molecule has 5 saturated heterocycles. The Morgan fingerprint density at radius 3 is 1.23 bits per heavy atom. The zero-order valence-electron chi connectivity index (χ0n) is 82.3. The molecule has 141 heavy (non-hydrogen) atoms. The van der Waals surface area contributed by atoms with E-state index in [9.17, 15) is 39.0 Å². The van der Waals surface area contributed by atoms with Gasteiger partial charge in [-0.25, -0.2) is 44.6 Å². The lowest BCUT2D eigenvalue weighted by molar-refractivity contribution is -0.150. The van der Waals surface area contributed by atoms with Gasteiger partial charge in [0.15, 0.2) is 48.5 Å². The minimum absolute atomic E-state index is 0.0263. The first-order valence-corrected chi connectivity index (χ1v) is 51.1. The van der Waals surface area contributed by atoms with E-state index in [4.69, 9.17) is 56.0 Å². The normalized spacial score (nSPS) is 25.2. The van der Waals surface area contributed by atoms with Gasteiger partial charge in [0.2, 0.25) is 0 Å². The number of oxazole rings is 4. The highest BCUT2D eigenvalue weighted by Gasteiger charge is 2.55. The maximum absolute atomic E-state index is 12.4. The number of amides is 8. The number of rotatable bonds is 38. The Labute approximate surface area is 883 Å². The fraction of sp³-hybridized carbons (Fsp3) is 0.516. The van der Waals surface area contributed by atoms with Gasteiger partial charge in [-0.15, -0.1) is 46.1 Å². The van der Waals surface area contributed by atoms with Gasteiger partial charge in [0.1, 0.15) is 24.2 Å². The molecule has 4 unspecified atom stereocenters. The average Bonchev–Trinajstić information content (AvgIpc) is 1.65. The predicted octanol–water partition coefficient (Wildman–Crippen LogP) is 12.4. The molecule has 8 bridgehead atoms. The van der Waals surface area contributed by atoms with Crippen LogP contribution in [0.25, 0.3) is 16.7 Å². The first-order chi connectivity index (χ1) is 67.9. The number of carbonyl (C=O) groups excluding carboxylic acids is 6. The second-order valence-corrected chi connectivity index (χ2v) is 38.8. The number of aliphatic hydroxyl groups excluding tert-OH is 2. The molecule has 4 aromatic rings. The van der Waals surface area contributed by atoms with E-state index in [0.29, 0.717) is 101 Å². The van der Waals surface area contributed by atoms with E-state index in [1.54, 1.807) is 86.7 Å². The first-order valence-electron chi connectivity index (χ1n) is 46.7. The number of hydroxylamine groups is 12. The van der Waals surface area contributed by atoms with Crippen molar-refractivity contribution in [2.45, 2.75) is 204 Å². The number of nitrogens with zero attached hydrogens (tertiary/aromatic N) is 15. The average molecular weight is 2410 g/mol. The zero-order valence-corrected chi connectivity index (χ0v) is 91.0. The Hall–Kier alpha value is -7.95. The van der Waals surface area contributed by atoms with Gasteiger partial charge < -0.3 is 81.3 Å². The Morgan fingerprint density at radius 2 is 0.858 bits per heavy atom. The number of carbonyl (C=O) groups is 6. The van der Waals surface area contributed by atoms with E-state index >= 15 is 0 Å². The van der Waals surface area contributed by atoms with Crippen molar-refractivity contribution in [1.82, 2.24) is 90.8 Å². The summed E-state index contributed by atoms with van der Waals surface area (Å²) in [6, 6.07) is 0.461. The maximum atomic E-state index is 12.4. The SMILES string of the molecule is C=CCON(C)[C@H]1CN([B]C=O)[C@H](CC)C=C1I.C=CCON1C(=O)N2CC1C(I)=C[C@H]2CC.C=CCON1C(=O)N2CC1C(c1cnco1)=C[C@H]2CC.C=CCON1C(=O)N2CC1C(c1cnco1)=C[C@H]2CC.C=CCON1C(=O)N2CC1C(c1cnco1)=C[C@H]2CO.C=CCONC.C=CCON[C@H]1CN[C@H](CC)C=C1I.CC1(C)OB(c2cnco2)OC1(C)C.CC[C@@H]1C=C(I)[C@H](O)CN1[B]C=O. The van der Waals surface area contributed by atoms with Gasteiger partial charge in [-0.1, -0.05) is 127 Å². The van der Waals surface area contributed by atoms with E-state index in [0.717, 1.165) is 90.8 Å². The second kappa shape index (κ2) is 60.2. The molecule has 5 fully saturated rings. The number of likely N-dealkylation sites (N-methyl/N-ethyl adjacent to an activating group) is 1. The summed E-state index contributed by atoms with van der Waals surface area (Å²) in [5, 5.41) is 29.9. The second-order valence-electron chi connectivity index (χ2n) is 33.9. The largest absolute Gasteiger partial charge is 0.534 e. The maximum Gasteiger partial charge on any atom is 0.534 e. The number of halogens is 4. The number of urea groups is 4. The zero-order chi connectivity index (χ0) is 103. The molecular formula is C95H135B3I4N18O21. The molecule has 14 atom stereocenters. The van der Waals surface area contributed by atoms with E-state index in [1.807, 2.05) is 71.5 Å². The van der Waals surface area contributed by atoms with Crippen LogP contribution in [0.5, 0.6) is 0 Å². The Balaban J connectivity index is 0.000000196. The van der Waals surface area contributed by atoms with Crippen LogP contribution in [0.1, 0.15) is 125 Å². The highest BCUT2D eigenvalue weighted by atomic mass is 127. The topological polar surface area (TPSA) is 402 Å². The van der Waals surface area contributed by atoms with Crippen molar-refractivity contribution in [1.29, 1.82) is 0 Å². The summed E-state index contributed by atoms with van der Waals surface area (Å²) >= 11 is 9.15. The van der Waals surface area contributed by atoms with Crippen LogP contribution in [0.2, 0.25) is 0 Å². The highest BCUT2D eigenvalue weighted by molar-refractivity contribution is 14.1. The van der Waals surface area contributed by atoms with Crippen LogP contribution in [-0.2, 0) is 52.8 Å². The Bertz CT molecular complexity index is 4640. The quantitative estimate of drug-likeness (QED) is 0.00695. The van der Waals surface area contributed by atoms with E-state index in [1.165, 1.54) is 64.0 Å². The third kappa shape index (κ3) is 32.0. The van der Waals surface area contributed by atoms with Crippen LogP contribution in [0.15, 0.2) is 213 Å².